The van der Waals surface area contributed by atoms with Gasteiger partial charge < -0.3 is 15.0 Å². The van der Waals surface area contributed by atoms with E-state index in [1.54, 1.807) is 18.2 Å². The maximum absolute atomic E-state index is 10.1. The van der Waals surface area contributed by atoms with Crippen molar-refractivity contribution in [2.75, 3.05) is 0 Å². The summed E-state index contributed by atoms with van der Waals surface area (Å²) in [4.78, 5) is 10.1. The van der Waals surface area contributed by atoms with Crippen LogP contribution in [-0.2, 0) is 11.2 Å². The number of hydrogen-bond acceptors (Lipinski definition) is 3. The molecule has 0 bridgehead atoms. The van der Waals surface area contributed by atoms with Crippen LogP contribution >= 0.6 is 0 Å². The molecule has 3 heteroatoms. The highest BCUT2D eigenvalue weighted by atomic mass is 16.4. The lowest BCUT2D eigenvalue weighted by Gasteiger charge is -2.03. The number of aromatic hydroxyl groups is 1. The van der Waals surface area contributed by atoms with Gasteiger partial charge in [0, 0.05) is 5.97 Å². The summed E-state index contributed by atoms with van der Waals surface area (Å²) >= 11 is 0. The summed E-state index contributed by atoms with van der Waals surface area (Å²) < 4.78 is 0. The Morgan fingerprint density at radius 3 is 2.67 bits per heavy atom. The molecule has 0 aromatic heterocycles. The van der Waals surface area contributed by atoms with Crippen molar-refractivity contribution in [2.45, 2.75) is 12.8 Å². The van der Waals surface area contributed by atoms with Gasteiger partial charge in [-0.1, -0.05) is 18.2 Å². The second-order valence-corrected chi connectivity index (χ2v) is 2.50. The Bertz CT molecular complexity index is 281. The normalized spacial score (nSPS) is 9.67. The van der Waals surface area contributed by atoms with E-state index < -0.39 is 5.97 Å². The molecule has 0 saturated heterocycles. The predicted octanol–water partition coefficient (Wildman–Crippen LogP) is 0.0747. The van der Waals surface area contributed by atoms with Crippen molar-refractivity contribution >= 4 is 5.97 Å². The van der Waals surface area contributed by atoms with Crippen LogP contribution in [0.1, 0.15) is 12.0 Å². The Balaban J connectivity index is 2.63. The number of hydrogen-bond donors (Lipinski definition) is 1. The number of carbonyl (C=O) groups is 1. The summed E-state index contributed by atoms with van der Waals surface area (Å²) in [5.41, 5.74) is 0.640. The number of aryl methyl sites for hydroxylation is 1. The molecule has 1 rings (SSSR count). The van der Waals surface area contributed by atoms with E-state index in [2.05, 4.69) is 0 Å². The van der Waals surface area contributed by atoms with Gasteiger partial charge in [-0.05, 0) is 24.5 Å². The van der Waals surface area contributed by atoms with Crippen LogP contribution in [0.15, 0.2) is 24.3 Å². The molecule has 1 N–H and O–H groups in total. The molecular formula is C9H9O3-. The third-order valence-corrected chi connectivity index (χ3v) is 1.59. The first-order valence-corrected chi connectivity index (χ1v) is 3.67. The van der Waals surface area contributed by atoms with Crippen molar-refractivity contribution in [3.8, 4) is 5.75 Å². The first-order valence-electron chi connectivity index (χ1n) is 3.67. The highest BCUT2D eigenvalue weighted by Crippen LogP contribution is 2.16. The molecule has 0 spiro atoms. The fourth-order valence-corrected chi connectivity index (χ4v) is 0.959. The zero-order valence-electron chi connectivity index (χ0n) is 6.49. The lowest BCUT2D eigenvalue weighted by atomic mass is 10.1. The van der Waals surface area contributed by atoms with E-state index >= 15 is 0 Å². The molecule has 3 nitrogen and oxygen atoms in total. The summed E-state index contributed by atoms with van der Waals surface area (Å²) in [5.74, 6) is -0.961. The van der Waals surface area contributed by atoms with Crippen LogP contribution in [0.5, 0.6) is 5.75 Å². The van der Waals surface area contributed by atoms with Crippen molar-refractivity contribution in [2.24, 2.45) is 0 Å². The average molecular weight is 165 g/mol. The van der Waals surface area contributed by atoms with Gasteiger partial charge in [-0.25, -0.2) is 0 Å². The lowest BCUT2D eigenvalue weighted by molar-refractivity contribution is -0.305. The SMILES string of the molecule is O=C([O-])CCc1ccccc1O. The Labute approximate surface area is 70.3 Å². The molecule has 0 atom stereocenters. The third-order valence-electron chi connectivity index (χ3n) is 1.59. The molecule has 0 aliphatic heterocycles. The summed E-state index contributed by atoms with van der Waals surface area (Å²) in [6.45, 7) is 0. The van der Waals surface area contributed by atoms with Gasteiger partial charge in [0.2, 0.25) is 0 Å². The van der Waals surface area contributed by atoms with E-state index in [4.69, 9.17) is 0 Å². The molecule has 0 fully saturated rings. The minimum absolute atomic E-state index is 0.0580. The van der Waals surface area contributed by atoms with Gasteiger partial charge >= 0.3 is 0 Å². The van der Waals surface area contributed by atoms with Gasteiger partial charge in [0.1, 0.15) is 5.75 Å². The van der Waals surface area contributed by atoms with Crippen molar-refractivity contribution in [3.05, 3.63) is 29.8 Å². The van der Waals surface area contributed by atoms with Crippen molar-refractivity contribution in [3.63, 3.8) is 0 Å². The minimum atomic E-state index is -1.10. The Morgan fingerprint density at radius 1 is 1.42 bits per heavy atom. The fraction of sp³-hybridized carbons (Fsp3) is 0.222. The van der Waals surface area contributed by atoms with Crippen LogP contribution in [0.2, 0.25) is 0 Å². The molecular weight excluding hydrogens is 156 g/mol. The molecule has 0 heterocycles. The molecule has 0 radical (unpaired) electrons. The molecule has 1 aromatic rings. The van der Waals surface area contributed by atoms with Crippen molar-refractivity contribution in [1.82, 2.24) is 0 Å². The highest BCUT2D eigenvalue weighted by molar-refractivity contribution is 5.64. The van der Waals surface area contributed by atoms with E-state index in [-0.39, 0.29) is 12.2 Å². The third kappa shape index (κ3) is 2.27. The van der Waals surface area contributed by atoms with Gasteiger partial charge in [-0.2, -0.15) is 0 Å². The number of phenols is 1. The average Bonchev–Trinajstić information content (AvgIpc) is 2.03. The molecule has 1 aromatic carbocycles. The number of para-hydroxylation sites is 1. The van der Waals surface area contributed by atoms with Crippen molar-refractivity contribution < 1.29 is 15.0 Å². The highest BCUT2D eigenvalue weighted by Gasteiger charge is 1.98. The predicted molar refractivity (Wildman–Crippen MR) is 41.4 cm³/mol. The zero-order chi connectivity index (χ0) is 8.97. The quantitative estimate of drug-likeness (QED) is 0.689. The Kier molecular flexibility index (Phi) is 2.69. The maximum atomic E-state index is 10.1. The number of rotatable bonds is 3. The molecule has 12 heavy (non-hydrogen) atoms. The zero-order valence-corrected chi connectivity index (χ0v) is 6.49. The molecule has 0 amide bonds. The second-order valence-electron chi connectivity index (χ2n) is 2.50. The fourth-order valence-electron chi connectivity index (χ4n) is 0.959. The standard InChI is InChI=1S/C9H10O3/c10-8-4-2-1-3-7(8)5-6-9(11)12/h1-4,10H,5-6H2,(H,11,12)/p-1. The van der Waals surface area contributed by atoms with Crippen LogP contribution in [0.3, 0.4) is 0 Å². The van der Waals surface area contributed by atoms with E-state index in [0.717, 1.165) is 0 Å². The van der Waals surface area contributed by atoms with Crippen molar-refractivity contribution in [1.29, 1.82) is 0 Å². The topological polar surface area (TPSA) is 60.4 Å². The van der Waals surface area contributed by atoms with Crippen LogP contribution in [-0.4, -0.2) is 11.1 Å². The van der Waals surface area contributed by atoms with Crippen LogP contribution in [0.4, 0.5) is 0 Å². The van der Waals surface area contributed by atoms with E-state index in [9.17, 15) is 15.0 Å². The van der Waals surface area contributed by atoms with Crippen LogP contribution in [0, 0.1) is 0 Å². The summed E-state index contributed by atoms with van der Waals surface area (Å²) in [5, 5.41) is 19.3. The molecule has 0 aliphatic rings. The van der Waals surface area contributed by atoms with E-state index in [1.165, 1.54) is 6.07 Å². The Morgan fingerprint density at radius 2 is 2.08 bits per heavy atom. The summed E-state index contributed by atoms with van der Waals surface area (Å²) in [6, 6.07) is 6.67. The maximum Gasteiger partial charge on any atom is 0.118 e. The van der Waals surface area contributed by atoms with Gasteiger partial charge in [-0.3, -0.25) is 0 Å². The van der Waals surface area contributed by atoms with Crippen LogP contribution in [0.25, 0.3) is 0 Å². The molecule has 0 saturated carbocycles. The summed E-state index contributed by atoms with van der Waals surface area (Å²) in [6.07, 6.45) is 0.257. The number of carbonyl (C=O) groups excluding carboxylic acids is 1. The second kappa shape index (κ2) is 3.76. The molecule has 0 unspecified atom stereocenters. The minimum Gasteiger partial charge on any atom is -0.550 e. The molecule has 64 valence electrons. The number of benzene rings is 1. The van der Waals surface area contributed by atoms with Gasteiger partial charge in [0.25, 0.3) is 0 Å². The Hall–Kier alpha value is -1.51. The first-order chi connectivity index (χ1) is 5.70. The van der Waals surface area contributed by atoms with E-state index in [0.29, 0.717) is 12.0 Å². The van der Waals surface area contributed by atoms with Gasteiger partial charge in [-0.15, -0.1) is 0 Å². The number of carboxylic acid groups (broad SMARTS) is 1. The first kappa shape index (κ1) is 8.59. The monoisotopic (exact) mass is 165 g/mol. The smallest absolute Gasteiger partial charge is 0.118 e. The summed E-state index contributed by atoms with van der Waals surface area (Å²) in [7, 11) is 0. The number of phenolic OH excluding ortho intramolecular Hbond substituents is 1. The van der Waals surface area contributed by atoms with Crippen LogP contribution < -0.4 is 5.11 Å². The lowest BCUT2D eigenvalue weighted by Crippen LogP contribution is -2.22. The van der Waals surface area contributed by atoms with E-state index in [1.807, 2.05) is 0 Å². The number of aliphatic carboxylic acids is 1. The van der Waals surface area contributed by atoms with Gasteiger partial charge in [0.05, 0.1) is 0 Å². The largest absolute Gasteiger partial charge is 0.550 e. The van der Waals surface area contributed by atoms with Gasteiger partial charge in [0.15, 0.2) is 0 Å². The molecule has 0 aliphatic carbocycles. The number of carboxylic acids is 1.